The van der Waals surface area contributed by atoms with Gasteiger partial charge in [0.25, 0.3) is 0 Å². The number of hydrogen-bond acceptors (Lipinski definition) is 6. The van der Waals surface area contributed by atoms with Crippen LogP contribution in [0.2, 0.25) is 5.02 Å². The Labute approximate surface area is 231 Å². The van der Waals surface area contributed by atoms with Crippen LogP contribution in [-0.4, -0.2) is 33.3 Å². The van der Waals surface area contributed by atoms with E-state index in [0.29, 0.717) is 16.8 Å². The van der Waals surface area contributed by atoms with Crippen LogP contribution in [0.25, 0.3) is 0 Å². The Morgan fingerprint density at radius 1 is 0.900 bits per heavy atom. The second-order valence-electron chi connectivity index (χ2n) is 8.46. The fourth-order valence-electron chi connectivity index (χ4n) is 3.67. The maximum atomic E-state index is 12.6. The van der Waals surface area contributed by atoms with E-state index in [0.717, 1.165) is 46.7 Å². The smallest absolute Gasteiger partial charge is 0.475 e. The van der Waals surface area contributed by atoms with Crippen molar-refractivity contribution in [3.05, 3.63) is 95.1 Å². The number of carboxylic acid groups (broad SMARTS) is 1. The van der Waals surface area contributed by atoms with Gasteiger partial charge in [-0.15, -0.1) is 0 Å². The molecule has 2 amide bonds. The largest absolute Gasteiger partial charge is 0.490 e. The van der Waals surface area contributed by atoms with Gasteiger partial charge in [0.2, 0.25) is 5.95 Å². The first kappa shape index (κ1) is 28.2. The molecular weight excluding hydrogens is 549 g/mol. The van der Waals surface area contributed by atoms with Crippen molar-refractivity contribution < 1.29 is 27.9 Å². The number of fused-ring (bicyclic) bond motifs is 6. The third-order valence-electron chi connectivity index (χ3n) is 5.50. The van der Waals surface area contributed by atoms with Gasteiger partial charge in [-0.2, -0.15) is 18.2 Å². The molecule has 0 aliphatic carbocycles. The van der Waals surface area contributed by atoms with Crippen LogP contribution in [-0.2, 0) is 17.6 Å². The van der Waals surface area contributed by atoms with Crippen molar-refractivity contribution in [2.75, 3.05) is 21.3 Å². The number of anilines is 6. The summed E-state index contributed by atoms with van der Waals surface area (Å²) in [5.74, 6) is -1.81. The number of carboxylic acids is 1. The molecule has 13 heteroatoms. The van der Waals surface area contributed by atoms with Gasteiger partial charge in [0, 0.05) is 22.7 Å². The SMILES string of the molecule is O=C(Nc1ccccc1)Nc1ccc2cc1CCc1cccc(c1)Nc1ncc(Cl)c(n1)N2.O=C(O)C(F)(F)F. The number of carbonyl (C=O) groups is 2. The van der Waals surface area contributed by atoms with E-state index in [4.69, 9.17) is 21.5 Å². The lowest BCUT2D eigenvalue weighted by molar-refractivity contribution is -0.192. The van der Waals surface area contributed by atoms with Crippen molar-refractivity contribution in [2.24, 2.45) is 0 Å². The maximum absolute atomic E-state index is 12.6. The lowest BCUT2D eigenvalue weighted by Crippen LogP contribution is -2.21. The number of para-hydroxylation sites is 1. The van der Waals surface area contributed by atoms with Crippen LogP contribution < -0.4 is 21.3 Å². The van der Waals surface area contributed by atoms with Crippen LogP contribution in [0, 0.1) is 0 Å². The molecule has 206 valence electrons. The highest BCUT2D eigenvalue weighted by Gasteiger charge is 2.38. The number of amides is 2. The summed E-state index contributed by atoms with van der Waals surface area (Å²) in [4.78, 5) is 30.3. The van der Waals surface area contributed by atoms with E-state index < -0.39 is 12.1 Å². The molecule has 0 fully saturated rings. The lowest BCUT2D eigenvalue weighted by Gasteiger charge is -2.15. The van der Waals surface area contributed by atoms with Crippen molar-refractivity contribution >= 4 is 58.1 Å². The Bertz CT molecular complexity index is 1520. The molecule has 2 heterocycles. The van der Waals surface area contributed by atoms with Gasteiger partial charge in [0.05, 0.1) is 6.20 Å². The number of benzene rings is 3. The Morgan fingerprint density at radius 2 is 1.62 bits per heavy atom. The molecule has 0 saturated heterocycles. The van der Waals surface area contributed by atoms with E-state index in [2.05, 4.69) is 43.4 Å². The minimum atomic E-state index is -5.08. The number of hydrogen-bond donors (Lipinski definition) is 5. The van der Waals surface area contributed by atoms with E-state index in [9.17, 15) is 18.0 Å². The number of rotatable bonds is 2. The number of nitrogens with zero attached hydrogens (tertiary/aromatic N) is 2. The van der Waals surface area contributed by atoms with E-state index in [1.54, 1.807) is 6.20 Å². The lowest BCUT2D eigenvalue weighted by atomic mass is 10.0. The average Bonchev–Trinajstić information content (AvgIpc) is 2.91. The number of aryl methyl sites for hydroxylation is 2. The summed E-state index contributed by atoms with van der Waals surface area (Å²) >= 11 is 6.33. The molecule has 9 nitrogen and oxygen atoms in total. The monoisotopic (exact) mass is 570 g/mol. The molecular formula is C27H22ClF3N6O3. The molecule has 40 heavy (non-hydrogen) atoms. The van der Waals surface area contributed by atoms with E-state index in [1.165, 1.54) is 0 Å². The van der Waals surface area contributed by atoms with Gasteiger partial charge in [-0.1, -0.05) is 41.9 Å². The summed E-state index contributed by atoms with van der Waals surface area (Å²) in [6, 6.07) is 22.9. The standard InChI is InChI=1S/C25H21ClN6O.C2HF3O2/c26-21-15-27-24-29-19-8-4-5-16(13-19)9-10-17-14-20(28-23(21)32-24)11-12-22(17)31-25(33)30-18-6-2-1-3-7-18;3-2(4,5)1(6)7/h1-8,11-15H,9-10H2,(H2,30,31,33)(H2,27,28,29,32);(H,6,7). The zero-order valence-electron chi connectivity index (χ0n) is 20.6. The summed E-state index contributed by atoms with van der Waals surface area (Å²) in [7, 11) is 0. The van der Waals surface area contributed by atoms with Crippen molar-refractivity contribution in [3.8, 4) is 0 Å². The highest BCUT2D eigenvalue weighted by atomic mass is 35.5. The summed E-state index contributed by atoms with van der Waals surface area (Å²) in [6.45, 7) is 0. The second kappa shape index (κ2) is 12.3. The van der Waals surface area contributed by atoms with Crippen molar-refractivity contribution in [1.82, 2.24) is 9.97 Å². The van der Waals surface area contributed by atoms with Crippen molar-refractivity contribution in [1.29, 1.82) is 0 Å². The summed E-state index contributed by atoms with van der Waals surface area (Å²) in [6.07, 6.45) is -1.99. The molecule has 0 spiro atoms. The number of nitrogens with one attached hydrogen (secondary N) is 4. The predicted molar refractivity (Wildman–Crippen MR) is 147 cm³/mol. The zero-order valence-corrected chi connectivity index (χ0v) is 21.3. The molecule has 0 radical (unpaired) electrons. The molecule has 3 aromatic carbocycles. The van der Waals surface area contributed by atoms with Crippen molar-refractivity contribution in [2.45, 2.75) is 19.0 Å². The Hall–Kier alpha value is -4.84. The first-order chi connectivity index (χ1) is 19.1. The number of aliphatic carboxylic acids is 1. The molecule has 0 saturated carbocycles. The minimum absolute atomic E-state index is 0.296. The molecule has 1 aromatic heterocycles. The maximum Gasteiger partial charge on any atom is 0.490 e. The molecule has 5 rings (SSSR count). The number of alkyl halides is 3. The van der Waals surface area contributed by atoms with Crippen LogP contribution in [0.3, 0.4) is 0 Å². The van der Waals surface area contributed by atoms with Gasteiger partial charge in [-0.3, -0.25) is 0 Å². The van der Waals surface area contributed by atoms with Crippen LogP contribution in [0.5, 0.6) is 0 Å². The topological polar surface area (TPSA) is 128 Å². The first-order valence-corrected chi connectivity index (χ1v) is 12.2. The number of carbonyl (C=O) groups excluding carboxylic acids is 1. The van der Waals surface area contributed by atoms with Gasteiger partial charge < -0.3 is 26.4 Å². The van der Waals surface area contributed by atoms with E-state index in [-0.39, 0.29) is 6.03 Å². The third kappa shape index (κ3) is 7.84. The molecule has 1 aliphatic heterocycles. The zero-order chi connectivity index (χ0) is 28.7. The van der Waals surface area contributed by atoms with Crippen LogP contribution in [0.1, 0.15) is 11.1 Å². The second-order valence-corrected chi connectivity index (χ2v) is 8.87. The molecule has 0 atom stereocenters. The molecule has 0 unspecified atom stereocenters. The van der Waals surface area contributed by atoms with Gasteiger partial charge in [-0.25, -0.2) is 14.6 Å². The van der Waals surface area contributed by atoms with Crippen molar-refractivity contribution in [3.63, 3.8) is 0 Å². The van der Waals surface area contributed by atoms with E-state index in [1.807, 2.05) is 60.7 Å². The quantitative estimate of drug-likeness (QED) is 0.176. The minimum Gasteiger partial charge on any atom is -0.475 e. The van der Waals surface area contributed by atoms with Gasteiger partial charge in [0.15, 0.2) is 5.82 Å². The summed E-state index contributed by atoms with van der Waals surface area (Å²) in [5.41, 5.74) is 5.33. The predicted octanol–water partition coefficient (Wildman–Crippen LogP) is 6.99. The number of urea groups is 1. The highest BCUT2D eigenvalue weighted by Crippen LogP contribution is 2.29. The Morgan fingerprint density at radius 3 is 2.35 bits per heavy atom. The fourth-order valence-corrected chi connectivity index (χ4v) is 3.81. The highest BCUT2D eigenvalue weighted by molar-refractivity contribution is 6.32. The van der Waals surface area contributed by atoms with Gasteiger partial charge in [-0.05, 0) is 66.4 Å². The normalized spacial score (nSPS) is 12.0. The molecule has 6 bridgehead atoms. The van der Waals surface area contributed by atoms with Gasteiger partial charge >= 0.3 is 18.2 Å². The van der Waals surface area contributed by atoms with Gasteiger partial charge in [0.1, 0.15) is 5.02 Å². The first-order valence-electron chi connectivity index (χ1n) is 11.8. The molecule has 5 N–H and O–H groups in total. The fraction of sp³-hybridized carbons (Fsp3) is 0.111. The number of halogens is 4. The molecule has 4 aromatic rings. The summed E-state index contributed by atoms with van der Waals surface area (Å²) < 4.78 is 31.7. The Kier molecular flexibility index (Phi) is 8.70. The molecule has 1 aliphatic rings. The number of aromatic nitrogens is 2. The summed E-state index contributed by atoms with van der Waals surface area (Å²) in [5, 5.41) is 19.9. The van der Waals surface area contributed by atoms with Crippen LogP contribution in [0.15, 0.2) is 79.0 Å². The Balaban J connectivity index is 0.000000470. The average molecular weight is 571 g/mol. The van der Waals surface area contributed by atoms with Crippen LogP contribution >= 0.6 is 11.6 Å². The van der Waals surface area contributed by atoms with Crippen LogP contribution in [0.4, 0.5) is 52.5 Å². The van der Waals surface area contributed by atoms with E-state index >= 15 is 0 Å². The third-order valence-corrected chi connectivity index (χ3v) is 5.78.